The minimum absolute atomic E-state index is 0.0117. The highest BCUT2D eigenvalue weighted by molar-refractivity contribution is 7.00. The van der Waals surface area contributed by atoms with Gasteiger partial charge in [0.1, 0.15) is 5.58 Å². The lowest BCUT2D eigenvalue weighted by molar-refractivity contribution is 0.590. The summed E-state index contributed by atoms with van der Waals surface area (Å²) < 4.78 is 9.68. The standard InChI is InChI=1S/C65H60BN3O/c1-62(2,3)39-26-31-42(32-27-39)67(43-33-28-40(29-34-43)63(4,5)6)44-37-54-58-55(38-44)69-59-48(57-60(69)47-19-12-14-22-49(47)65(57,10)11)21-16-23-51(59)66(58)50-35-30-41(64(7,8)9)36-53(50)68(54)52-24-17-20-46-45-18-13-15-25-56(45)70-61(46)52/h12-38H,1-11H3. The van der Waals surface area contributed by atoms with Crippen LogP contribution >= 0.6 is 0 Å². The number of furan rings is 1. The minimum atomic E-state index is -0.202. The minimum Gasteiger partial charge on any atom is -0.454 e. The Bertz CT molecular complexity index is 3750. The molecule has 0 bridgehead atoms. The monoisotopic (exact) mass is 909 g/mol. The van der Waals surface area contributed by atoms with Crippen LogP contribution in [0.4, 0.5) is 34.1 Å². The van der Waals surface area contributed by atoms with Crippen molar-refractivity contribution in [3.8, 4) is 16.9 Å². The third kappa shape index (κ3) is 6.03. The Morgan fingerprint density at radius 1 is 0.486 bits per heavy atom. The molecule has 0 radical (unpaired) electrons. The maximum absolute atomic E-state index is 7.01. The fraction of sp³-hybridized carbons (Fsp3) is 0.231. The van der Waals surface area contributed by atoms with E-state index in [1.165, 1.54) is 77.7 Å². The molecule has 0 saturated heterocycles. The van der Waals surface area contributed by atoms with Crippen LogP contribution < -0.4 is 26.2 Å². The van der Waals surface area contributed by atoms with Crippen LogP contribution in [0, 0.1) is 0 Å². The van der Waals surface area contributed by atoms with Crippen molar-refractivity contribution < 1.29 is 4.42 Å². The van der Waals surface area contributed by atoms with Crippen molar-refractivity contribution in [2.24, 2.45) is 0 Å². The van der Waals surface area contributed by atoms with E-state index in [9.17, 15) is 0 Å². The average molecular weight is 910 g/mol. The molecule has 0 atom stereocenters. The highest BCUT2D eigenvalue weighted by Crippen LogP contribution is 2.55. The van der Waals surface area contributed by atoms with Gasteiger partial charge in [-0.2, -0.15) is 0 Å². The van der Waals surface area contributed by atoms with Gasteiger partial charge in [-0.25, -0.2) is 0 Å². The molecule has 2 aromatic heterocycles. The summed E-state index contributed by atoms with van der Waals surface area (Å²) in [5.74, 6) is 0. The summed E-state index contributed by atoms with van der Waals surface area (Å²) in [4.78, 5) is 5.05. The second kappa shape index (κ2) is 14.4. The second-order valence-electron chi connectivity index (χ2n) is 23.8. The lowest BCUT2D eigenvalue weighted by Crippen LogP contribution is -2.60. The maximum atomic E-state index is 7.01. The molecule has 0 N–H and O–H groups in total. The molecule has 0 fully saturated rings. The number of rotatable bonds is 4. The van der Waals surface area contributed by atoms with Crippen LogP contribution in [0.2, 0.25) is 0 Å². The Balaban J connectivity index is 1.19. The first kappa shape index (κ1) is 42.8. The third-order valence-corrected chi connectivity index (χ3v) is 16.0. The summed E-state index contributed by atoms with van der Waals surface area (Å²) in [7, 11) is 0. The van der Waals surface area contributed by atoms with E-state index in [-0.39, 0.29) is 28.4 Å². The molecule has 8 aromatic carbocycles. The molecular formula is C65H60BN3O. The summed E-state index contributed by atoms with van der Waals surface area (Å²) in [6.07, 6.45) is 0. The number of para-hydroxylation sites is 3. The van der Waals surface area contributed by atoms with Gasteiger partial charge in [0.05, 0.1) is 17.1 Å². The summed E-state index contributed by atoms with van der Waals surface area (Å²) in [6.45, 7) is 25.6. The van der Waals surface area contributed by atoms with Gasteiger partial charge in [-0.1, -0.05) is 185 Å². The van der Waals surface area contributed by atoms with E-state index < -0.39 is 0 Å². The number of anilines is 6. The highest BCUT2D eigenvalue weighted by atomic mass is 16.3. The number of benzene rings is 8. The van der Waals surface area contributed by atoms with E-state index in [1.54, 1.807) is 0 Å². The van der Waals surface area contributed by atoms with Crippen molar-refractivity contribution >= 4 is 90.1 Å². The molecular weight excluding hydrogens is 850 g/mol. The van der Waals surface area contributed by atoms with Crippen molar-refractivity contribution in [1.82, 2.24) is 4.57 Å². The average Bonchev–Trinajstić information content (AvgIpc) is 3.97. The number of fused-ring (bicyclic) bond motifs is 12. The lowest BCUT2D eigenvalue weighted by atomic mass is 9.33. The molecule has 0 saturated carbocycles. The van der Waals surface area contributed by atoms with Gasteiger partial charge in [0.15, 0.2) is 5.58 Å². The summed E-state index contributed by atoms with van der Waals surface area (Å²) in [6, 6.07) is 62.3. The van der Waals surface area contributed by atoms with Crippen molar-refractivity contribution in [3.63, 3.8) is 0 Å². The van der Waals surface area contributed by atoms with Crippen LogP contribution in [-0.2, 0) is 21.7 Å². The van der Waals surface area contributed by atoms with Crippen molar-refractivity contribution in [2.45, 2.75) is 97.8 Å². The zero-order chi connectivity index (χ0) is 48.4. The number of nitrogens with zero attached hydrogens (tertiary/aromatic N) is 3. The predicted molar refractivity (Wildman–Crippen MR) is 298 cm³/mol. The van der Waals surface area contributed by atoms with E-state index >= 15 is 0 Å². The Kier molecular flexibility index (Phi) is 8.82. The molecule has 1 aliphatic carbocycles. The van der Waals surface area contributed by atoms with Crippen molar-refractivity contribution in [3.05, 3.63) is 192 Å². The van der Waals surface area contributed by atoms with Gasteiger partial charge < -0.3 is 18.8 Å². The van der Waals surface area contributed by atoms with Crippen molar-refractivity contribution in [2.75, 3.05) is 9.80 Å². The highest BCUT2D eigenvalue weighted by Gasteiger charge is 2.48. The van der Waals surface area contributed by atoms with E-state index in [0.29, 0.717) is 0 Å². The van der Waals surface area contributed by atoms with Crippen LogP contribution in [0.25, 0.3) is 49.8 Å². The Morgan fingerprint density at radius 2 is 1.07 bits per heavy atom. The van der Waals surface area contributed by atoms with Crippen LogP contribution in [0.15, 0.2) is 168 Å². The zero-order valence-corrected chi connectivity index (χ0v) is 42.4. The van der Waals surface area contributed by atoms with E-state index in [4.69, 9.17) is 4.42 Å². The van der Waals surface area contributed by atoms with E-state index in [1.807, 2.05) is 0 Å². The predicted octanol–water partition coefficient (Wildman–Crippen LogP) is 15.8. The Hall–Kier alpha value is -7.24. The molecule has 0 spiro atoms. The summed E-state index contributed by atoms with van der Waals surface area (Å²) >= 11 is 0. The van der Waals surface area contributed by atoms with Gasteiger partial charge in [0, 0.05) is 61.1 Å². The smallest absolute Gasteiger partial charge is 0.252 e. The summed E-state index contributed by atoms with van der Waals surface area (Å²) in [5, 5.41) is 3.57. The molecule has 13 rings (SSSR count). The second-order valence-corrected chi connectivity index (χ2v) is 23.8. The Labute approximate surface area is 413 Å². The van der Waals surface area contributed by atoms with Crippen LogP contribution in [0.1, 0.15) is 104 Å². The first-order valence-corrected chi connectivity index (χ1v) is 25.2. The molecule has 5 heteroatoms. The molecule has 344 valence electrons. The topological polar surface area (TPSA) is 24.6 Å². The van der Waals surface area contributed by atoms with Crippen LogP contribution in [0.3, 0.4) is 0 Å². The molecule has 3 aliphatic rings. The largest absolute Gasteiger partial charge is 0.454 e. The summed E-state index contributed by atoms with van der Waals surface area (Å²) in [5.41, 5.74) is 24.0. The van der Waals surface area contributed by atoms with E-state index in [0.717, 1.165) is 50.4 Å². The van der Waals surface area contributed by atoms with Crippen molar-refractivity contribution in [1.29, 1.82) is 0 Å². The van der Waals surface area contributed by atoms with Gasteiger partial charge in [0.25, 0.3) is 6.71 Å². The first-order valence-electron chi connectivity index (χ1n) is 25.2. The van der Waals surface area contributed by atoms with Crippen LogP contribution in [-0.4, -0.2) is 11.3 Å². The molecule has 0 amide bonds. The third-order valence-electron chi connectivity index (χ3n) is 16.0. The van der Waals surface area contributed by atoms with Gasteiger partial charge in [-0.3, -0.25) is 0 Å². The number of hydrogen-bond donors (Lipinski definition) is 0. The molecule has 4 nitrogen and oxygen atoms in total. The quantitative estimate of drug-likeness (QED) is 0.165. The van der Waals surface area contributed by atoms with Gasteiger partial charge in [-0.05, 0) is 115 Å². The van der Waals surface area contributed by atoms with Gasteiger partial charge in [0.2, 0.25) is 0 Å². The zero-order valence-electron chi connectivity index (χ0n) is 42.4. The first-order chi connectivity index (χ1) is 33.4. The molecule has 2 aliphatic heterocycles. The fourth-order valence-corrected chi connectivity index (χ4v) is 12.4. The maximum Gasteiger partial charge on any atom is 0.252 e. The van der Waals surface area contributed by atoms with Gasteiger partial charge in [-0.15, -0.1) is 0 Å². The van der Waals surface area contributed by atoms with Crippen LogP contribution in [0.5, 0.6) is 0 Å². The normalized spacial score (nSPS) is 14.6. The number of hydrogen-bond acceptors (Lipinski definition) is 3. The molecule has 4 heterocycles. The molecule has 70 heavy (non-hydrogen) atoms. The van der Waals surface area contributed by atoms with Gasteiger partial charge >= 0.3 is 0 Å². The molecule has 10 aromatic rings. The fourth-order valence-electron chi connectivity index (χ4n) is 12.4. The number of aromatic nitrogens is 1. The Morgan fingerprint density at radius 3 is 1.76 bits per heavy atom. The molecule has 0 unspecified atom stereocenters. The van der Waals surface area contributed by atoms with E-state index in [2.05, 4.69) is 254 Å². The lowest BCUT2D eigenvalue weighted by Gasteiger charge is -2.42. The SMILES string of the molecule is CC(C)(C)c1ccc(N(c2ccc(C(C)(C)C)cc2)c2cc3c4c(c2)-n2c5c(c6cccc(c62)B4c2ccc(C(C)(C)C)cc2N3c2cccc3c2oc2ccccc23)C(C)(C)c2ccccc2-5)cc1.